The molecule has 0 atom stereocenters. The number of rotatable bonds is 3. The minimum absolute atomic E-state index is 0.00512. The third-order valence-electron chi connectivity index (χ3n) is 4.96. The van der Waals surface area contributed by atoms with Gasteiger partial charge < -0.3 is 9.47 Å². The summed E-state index contributed by atoms with van der Waals surface area (Å²) < 4.78 is 16.6. The van der Waals surface area contributed by atoms with E-state index in [2.05, 4.69) is 19.9 Å². The molecular formula is C17H13ClFN5O2S. The Morgan fingerprint density at radius 3 is 2.78 bits per heavy atom. The number of amides is 2. The quantitative estimate of drug-likeness (QED) is 0.726. The van der Waals surface area contributed by atoms with E-state index in [4.69, 9.17) is 11.6 Å². The fourth-order valence-corrected chi connectivity index (χ4v) is 4.82. The molecule has 3 aromatic heterocycles. The molecule has 1 aliphatic heterocycles. The summed E-state index contributed by atoms with van der Waals surface area (Å²) in [5.41, 5.74) is 1.40. The van der Waals surface area contributed by atoms with Gasteiger partial charge in [0.15, 0.2) is 5.82 Å². The lowest BCUT2D eigenvalue weighted by molar-refractivity contribution is -0.117. The summed E-state index contributed by atoms with van der Waals surface area (Å²) in [6.45, 7) is 0.356. The minimum atomic E-state index is -0.587. The van der Waals surface area contributed by atoms with Gasteiger partial charge in [0, 0.05) is 6.54 Å². The number of carbonyl (C=O) groups is 2. The van der Waals surface area contributed by atoms with Gasteiger partial charge in [0.05, 0.1) is 32.5 Å². The molecule has 4 heterocycles. The number of hydrogen-bond acceptors (Lipinski definition) is 5. The Kier molecular flexibility index (Phi) is 3.54. The molecule has 1 fully saturated rings. The van der Waals surface area contributed by atoms with E-state index in [1.54, 1.807) is 4.90 Å². The van der Waals surface area contributed by atoms with Crippen LogP contribution in [0.5, 0.6) is 0 Å². The van der Waals surface area contributed by atoms with Crippen LogP contribution in [0.1, 0.15) is 23.3 Å². The van der Waals surface area contributed by atoms with E-state index in [1.165, 1.54) is 11.3 Å². The molecule has 1 N–H and O–H groups in total. The van der Waals surface area contributed by atoms with Crippen LogP contribution in [0.2, 0.25) is 4.34 Å². The third-order valence-corrected chi connectivity index (χ3v) is 6.16. The number of halogens is 2. The predicted octanol–water partition coefficient (Wildman–Crippen LogP) is 2.87. The zero-order valence-electron chi connectivity index (χ0n) is 13.9. The maximum absolute atomic E-state index is 12.9. The highest BCUT2D eigenvalue weighted by molar-refractivity contribution is 7.22. The van der Waals surface area contributed by atoms with E-state index >= 15 is 0 Å². The second-order valence-electron chi connectivity index (χ2n) is 6.82. The number of hydrogen-bond donors (Lipinski definition) is 1. The molecule has 1 aliphatic carbocycles. The number of nitrogens with one attached hydrogen (secondary N) is 1. The monoisotopic (exact) mass is 405 g/mol. The molecule has 1 saturated carbocycles. The van der Waals surface area contributed by atoms with Gasteiger partial charge in [0.2, 0.25) is 11.9 Å². The van der Waals surface area contributed by atoms with Crippen LogP contribution in [0.15, 0.2) is 24.5 Å². The lowest BCUT2D eigenvalue weighted by Gasteiger charge is -2.35. The van der Waals surface area contributed by atoms with Crippen LogP contribution < -0.4 is 5.32 Å². The van der Waals surface area contributed by atoms with Crippen molar-refractivity contribution < 1.29 is 14.0 Å². The summed E-state index contributed by atoms with van der Waals surface area (Å²) in [6.07, 6.45) is 3.84. The molecule has 5 rings (SSSR count). The largest absolute Gasteiger partial charge is 0.328 e. The van der Waals surface area contributed by atoms with Gasteiger partial charge in [-0.3, -0.25) is 14.9 Å². The maximum Gasteiger partial charge on any atom is 0.271 e. The van der Waals surface area contributed by atoms with Crippen LogP contribution in [0.3, 0.4) is 0 Å². The van der Waals surface area contributed by atoms with Gasteiger partial charge in [-0.25, -0.2) is 14.4 Å². The summed E-state index contributed by atoms with van der Waals surface area (Å²) in [4.78, 5) is 34.2. The number of nitrogens with zero attached hydrogens (tertiary/aromatic N) is 4. The van der Waals surface area contributed by atoms with Gasteiger partial charge in [-0.1, -0.05) is 11.6 Å². The number of thiophene rings is 1. The highest BCUT2D eigenvalue weighted by Gasteiger charge is 2.52. The summed E-state index contributed by atoms with van der Waals surface area (Å²) in [5, 5.41) is 2.49. The molecular weight excluding hydrogens is 393 g/mol. The zero-order chi connectivity index (χ0) is 18.8. The van der Waals surface area contributed by atoms with Crippen LogP contribution in [-0.4, -0.2) is 44.3 Å². The molecule has 1 spiro atoms. The van der Waals surface area contributed by atoms with Crippen molar-refractivity contribution in [1.29, 1.82) is 0 Å². The number of fused-ring (bicyclic) bond motifs is 4. The van der Waals surface area contributed by atoms with E-state index in [0.717, 1.165) is 35.5 Å². The molecule has 0 unspecified atom stereocenters. The van der Waals surface area contributed by atoms with Crippen molar-refractivity contribution in [2.75, 3.05) is 18.4 Å². The molecule has 0 bridgehead atoms. The Balaban J connectivity index is 1.40. The van der Waals surface area contributed by atoms with Crippen molar-refractivity contribution in [2.45, 2.75) is 18.4 Å². The topological polar surface area (TPSA) is 80.1 Å². The molecule has 7 nitrogen and oxygen atoms in total. The molecule has 27 heavy (non-hydrogen) atoms. The van der Waals surface area contributed by atoms with Crippen LogP contribution in [0.25, 0.3) is 10.2 Å². The van der Waals surface area contributed by atoms with Gasteiger partial charge >= 0.3 is 0 Å². The first kappa shape index (κ1) is 16.6. The third kappa shape index (κ3) is 2.69. The van der Waals surface area contributed by atoms with Gasteiger partial charge in [-0.2, -0.15) is 0 Å². The van der Waals surface area contributed by atoms with Gasteiger partial charge in [-0.15, -0.1) is 11.3 Å². The SMILES string of the molecule is O=C(CN1CC2(CC2)n2c(cc3sc(Cl)cc32)C1=O)Nc1ncc(F)cn1. The van der Waals surface area contributed by atoms with Crippen LogP contribution in [0, 0.1) is 5.82 Å². The lowest BCUT2D eigenvalue weighted by Crippen LogP contribution is -2.49. The molecule has 138 valence electrons. The molecule has 2 aliphatic rings. The van der Waals surface area contributed by atoms with Crippen molar-refractivity contribution in [3.63, 3.8) is 0 Å². The number of aromatic nitrogens is 3. The first-order valence-corrected chi connectivity index (χ1v) is 9.53. The summed E-state index contributed by atoms with van der Waals surface area (Å²) in [6, 6.07) is 3.74. The average molecular weight is 406 g/mol. The van der Waals surface area contributed by atoms with E-state index < -0.39 is 11.7 Å². The van der Waals surface area contributed by atoms with E-state index in [9.17, 15) is 14.0 Å². The zero-order valence-corrected chi connectivity index (χ0v) is 15.5. The van der Waals surface area contributed by atoms with Crippen LogP contribution >= 0.6 is 22.9 Å². The van der Waals surface area contributed by atoms with E-state index in [0.29, 0.717) is 16.6 Å². The Bertz CT molecular complexity index is 1090. The highest BCUT2D eigenvalue weighted by atomic mass is 35.5. The summed E-state index contributed by atoms with van der Waals surface area (Å²) >= 11 is 7.56. The van der Waals surface area contributed by atoms with Crippen molar-refractivity contribution in [2.24, 2.45) is 0 Å². The van der Waals surface area contributed by atoms with Gasteiger partial charge in [0.25, 0.3) is 5.91 Å². The van der Waals surface area contributed by atoms with Gasteiger partial charge in [-0.05, 0) is 25.0 Å². The fraction of sp³-hybridized carbons (Fsp3) is 0.294. The molecule has 0 radical (unpaired) electrons. The highest BCUT2D eigenvalue weighted by Crippen LogP contribution is 2.51. The fourth-order valence-electron chi connectivity index (χ4n) is 3.66. The standard InChI is InChI=1S/C17H13ClFN5O2S/c18-13-4-10-12(27-13)3-11-15(26)23(8-17(1-2-17)24(10)11)7-14(25)22-16-20-5-9(19)6-21-16/h3-6H,1-2,7-8H2,(H,20,21,22,25). The Hall–Kier alpha value is -2.52. The Morgan fingerprint density at radius 2 is 2.07 bits per heavy atom. The smallest absolute Gasteiger partial charge is 0.271 e. The second kappa shape index (κ2) is 5.74. The maximum atomic E-state index is 12.9. The minimum Gasteiger partial charge on any atom is -0.328 e. The first-order chi connectivity index (χ1) is 12.9. The van der Waals surface area contributed by atoms with Crippen LogP contribution in [0.4, 0.5) is 10.3 Å². The van der Waals surface area contributed by atoms with E-state index in [-0.39, 0.29) is 23.9 Å². The molecule has 0 aromatic carbocycles. The average Bonchev–Trinajstić information content (AvgIpc) is 3.15. The Labute approximate surface area is 161 Å². The predicted molar refractivity (Wildman–Crippen MR) is 98.6 cm³/mol. The molecule has 2 amide bonds. The second-order valence-corrected chi connectivity index (χ2v) is 8.54. The first-order valence-electron chi connectivity index (χ1n) is 8.33. The number of carbonyl (C=O) groups excluding carboxylic acids is 2. The summed E-state index contributed by atoms with van der Waals surface area (Å²) in [5.74, 6) is -1.20. The number of anilines is 1. The molecule has 0 saturated heterocycles. The van der Waals surface area contributed by atoms with E-state index in [1.807, 2.05) is 12.1 Å². The Morgan fingerprint density at radius 1 is 1.33 bits per heavy atom. The summed E-state index contributed by atoms with van der Waals surface area (Å²) in [7, 11) is 0. The van der Waals surface area contributed by atoms with Crippen LogP contribution in [-0.2, 0) is 10.3 Å². The van der Waals surface area contributed by atoms with Crippen molar-refractivity contribution in [1.82, 2.24) is 19.4 Å². The van der Waals surface area contributed by atoms with Crippen molar-refractivity contribution in [3.8, 4) is 0 Å². The van der Waals surface area contributed by atoms with Crippen molar-refractivity contribution >= 4 is 50.9 Å². The lowest BCUT2D eigenvalue weighted by atomic mass is 10.1. The van der Waals surface area contributed by atoms with Gasteiger partial charge in [0.1, 0.15) is 12.2 Å². The molecule has 3 aromatic rings. The van der Waals surface area contributed by atoms with Crippen molar-refractivity contribution in [3.05, 3.63) is 40.4 Å². The molecule has 10 heteroatoms. The normalized spacial score (nSPS) is 17.4.